The summed E-state index contributed by atoms with van der Waals surface area (Å²) in [7, 11) is 1.64. The summed E-state index contributed by atoms with van der Waals surface area (Å²) in [5.41, 5.74) is 3.78. The Hall–Kier alpha value is -3.67. The van der Waals surface area contributed by atoms with Crippen molar-refractivity contribution in [3.63, 3.8) is 0 Å². The lowest BCUT2D eigenvalue weighted by Gasteiger charge is -2.31. The molecule has 1 saturated carbocycles. The molecular weight excluding hydrogens is 428 g/mol. The number of aryl methyl sites for hydroxylation is 1. The first-order chi connectivity index (χ1) is 16.4. The molecule has 1 aromatic heterocycles. The van der Waals surface area contributed by atoms with Gasteiger partial charge >= 0.3 is 5.97 Å². The third kappa shape index (κ3) is 4.67. The molecule has 1 amide bonds. The predicted octanol–water partition coefficient (Wildman–Crippen LogP) is 4.69. The van der Waals surface area contributed by atoms with Gasteiger partial charge in [-0.2, -0.15) is 0 Å². The molecule has 4 rings (SSSR count). The number of aliphatic carboxylic acids is 1. The molecule has 0 aliphatic heterocycles. The maximum atomic E-state index is 13.5. The number of benzene rings is 2. The Morgan fingerprint density at radius 1 is 1.06 bits per heavy atom. The molecule has 2 N–H and O–H groups in total. The van der Waals surface area contributed by atoms with Gasteiger partial charge in [0.25, 0.3) is 0 Å². The Morgan fingerprint density at radius 2 is 1.76 bits per heavy atom. The van der Waals surface area contributed by atoms with E-state index in [2.05, 4.69) is 10.3 Å². The van der Waals surface area contributed by atoms with E-state index in [0.29, 0.717) is 12.8 Å². The van der Waals surface area contributed by atoms with Crippen molar-refractivity contribution in [1.29, 1.82) is 0 Å². The molecular formula is C28H30N2O4. The fraction of sp³-hybridized carbons (Fsp3) is 0.321. The number of methoxy groups -OCH3 is 1. The van der Waals surface area contributed by atoms with Crippen molar-refractivity contribution >= 4 is 11.9 Å². The van der Waals surface area contributed by atoms with Gasteiger partial charge in [-0.25, -0.2) is 4.79 Å². The summed E-state index contributed by atoms with van der Waals surface area (Å²) in [6.45, 7) is 1.90. The van der Waals surface area contributed by atoms with Crippen molar-refractivity contribution in [3.05, 3.63) is 83.7 Å². The molecule has 1 aliphatic rings. The Bertz CT molecular complexity index is 1170. The molecule has 6 nitrogen and oxygen atoms in total. The number of hydrogen-bond donors (Lipinski definition) is 2. The van der Waals surface area contributed by atoms with Crippen molar-refractivity contribution < 1.29 is 19.4 Å². The average Bonchev–Trinajstić information content (AvgIpc) is 3.35. The van der Waals surface area contributed by atoms with Crippen LogP contribution in [-0.2, 0) is 21.4 Å². The van der Waals surface area contributed by atoms with E-state index >= 15 is 0 Å². The Morgan fingerprint density at radius 3 is 2.41 bits per heavy atom. The van der Waals surface area contributed by atoms with E-state index in [4.69, 9.17) is 4.74 Å². The number of hydrogen-bond acceptors (Lipinski definition) is 4. The van der Waals surface area contributed by atoms with Crippen LogP contribution in [0, 0.1) is 6.92 Å². The van der Waals surface area contributed by atoms with Crippen molar-refractivity contribution in [2.45, 2.75) is 50.5 Å². The quantitative estimate of drug-likeness (QED) is 0.511. The minimum atomic E-state index is -1.04. The van der Waals surface area contributed by atoms with Gasteiger partial charge in [-0.05, 0) is 48.6 Å². The van der Waals surface area contributed by atoms with E-state index in [0.717, 1.165) is 46.5 Å². The van der Waals surface area contributed by atoms with E-state index in [9.17, 15) is 14.7 Å². The number of nitrogens with zero attached hydrogens (tertiary/aromatic N) is 1. The lowest BCUT2D eigenvalue weighted by Crippen LogP contribution is -2.50. The van der Waals surface area contributed by atoms with Crippen LogP contribution in [0.1, 0.15) is 42.5 Å². The lowest BCUT2D eigenvalue weighted by atomic mass is 9.77. The van der Waals surface area contributed by atoms with Gasteiger partial charge in [0.1, 0.15) is 11.8 Å². The van der Waals surface area contributed by atoms with Crippen molar-refractivity contribution in [2.24, 2.45) is 0 Å². The first-order valence-corrected chi connectivity index (χ1v) is 11.6. The fourth-order valence-electron chi connectivity index (χ4n) is 5.02. The summed E-state index contributed by atoms with van der Waals surface area (Å²) >= 11 is 0. The molecule has 1 atom stereocenters. The second-order valence-electron chi connectivity index (χ2n) is 8.89. The molecule has 0 radical (unpaired) electrons. The first kappa shape index (κ1) is 23.5. The minimum Gasteiger partial charge on any atom is -0.496 e. The van der Waals surface area contributed by atoms with Crippen LogP contribution >= 0.6 is 0 Å². The molecule has 0 saturated heterocycles. The van der Waals surface area contributed by atoms with Crippen LogP contribution in [0.4, 0.5) is 0 Å². The van der Waals surface area contributed by atoms with Crippen molar-refractivity contribution in [1.82, 2.24) is 10.3 Å². The summed E-state index contributed by atoms with van der Waals surface area (Å²) in [4.78, 5) is 30.0. The molecule has 1 heterocycles. The van der Waals surface area contributed by atoms with Gasteiger partial charge in [-0.3, -0.25) is 9.78 Å². The second-order valence-corrected chi connectivity index (χ2v) is 8.89. The normalized spacial score (nSPS) is 15.5. The highest BCUT2D eigenvalue weighted by Gasteiger charge is 2.45. The van der Waals surface area contributed by atoms with Crippen LogP contribution in [0.2, 0.25) is 0 Å². The van der Waals surface area contributed by atoms with Gasteiger partial charge in [0, 0.05) is 23.9 Å². The van der Waals surface area contributed by atoms with Gasteiger partial charge in [0.05, 0.1) is 12.5 Å². The SMILES string of the molecule is COc1ccccc1-c1ccc(C[C@H](NC(=O)C2(c3cccnc3C)CCCC2)C(=O)O)cc1. The van der Waals surface area contributed by atoms with Gasteiger partial charge < -0.3 is 15.2 Å². The maximum absolute atomic E-state index is 13.5. The van der Waals surface area contributed by atoms with Crippen LogP contribution in [0.25, 0.3) is 11.1 Å². The Labute approximate surface area is 200 Å². The van der Waals surface area contributed by atoms with Crippen LogP contribution in [0.3, 0.4) is 0 Å². The summed E-state index contributed by atoms with van der Waals surface area (Å²) in [5, 5.41) is 12.7. The fourth-order valence-corrected chi connectivity index (χ4v) is 5.02. The topological polar surface area (TPSA) is 88.5 Å². The van der Waals surface area contributed by atoms with Gasteiger partial charge in [0.2, 0.25) is 5.91 Å². The number of rotatable bonds is 8. The number of carboxylic acids is 1. The number of ether oxygens (including phenoxy) is 1. The zero-order valence-electron chi connectivity index (χ0n) is 19.6. The summed E-state index contributed by atoms with van der Waals surface area (Å²) in [6.07, 6.45) is 5.19. The van der Waals surface area contributed by atoms with E-state index in [-0.39, 0.29) is 12.3 Å². The highest BCUT2D eigenvalue weighted by molar-refractivity contribution is 5.92. The van der Waals surface area contributed by atoms with Gasteiger partial charge in [-0.1, -0.05) is 61.4 Å². The van der Waals surface area contributed by atoms with Crippen LogP contribution in [-0.4, -0.2) is 35.1 Å². The zero-order valence-corrected chi connectivity index (χ0v) is 19.6. The van der Waals surface area contributed by atoms with Crippen molar-refractivity contribution in [3.8, 4) is 16.9 Å². The van der Waals surface area contributed by atoms with Gasteiger partial charge in [-0.15, -0.1) is 0 Å². The molecule has 0 spiro atoms. The van der Waals surface area contributed by atoms with E-state index < -0.39 is 17.4 Å². The minimum absolute atomic E-state index is 0.204. The number of para-hydroxylation sites is 1. The van der Waals surface area contributed by atoms with Gasteiger partial charge in [0.15, 0.2) is 0 Å². The Balaban J connectivity index is 1.53. The molecule has 0 unspecified atom stereocenters. The van der Waals surface area contributed by atoms with Crippen LogP contribution < -0.4 is 10.1 Å². The average molecular weight is 459 g/mol. The lowest BCUT2D eigenvalue weighted by molar-refractivity contribution is -0.142. The molecule has 1 aliphatic carbocycles. The Kier molecular flexibility index (Phi) is 6.96. The number of carboxylic acid groups (broad SMARTS) is 1. The third-order valence-electron chi connectivity index (χ3n) is 6.83. The molecule has 0 bridgehead atoms. The van der Waals surface area contributed by atoms with E-state index in [1.165, 1.54) is 0 Å². The van der Waals surface area contributed by atoms with Crippen LogP contribution in [0.5, 0.6) is 5.75 Å². The maximum Gasteiger partial charge on any atom is 0.326 e. The summed E-state index contributed by atoms with van der Waals surface area (Å²) < 4.78 is 5.44. The molecule has 2 aromatic carbocycles. The number of amides is 1. The standard InChI is InChI=1S/C28H30N2O4/c1-19-23(9-7-17-29-19)28(15-5-6-16-28)27(33)30-24(26(31)32)18-20-11-13-21(14-12-20)22-8-3-4-10-25(22)34-2/h3-4,7-14,17,24H,5-6,15-16,18H2,1-2H3,(H,30,33)(H,31,32)/t24-/m0/s1. The second kappa shape index (κ2) is 10.1. The smallest absolute Gasteiger partial charge is 0.326 e. The number of carbonyl (C=O) groups is 2. The van der Waals surface area contributed by atoms with Crippen LogP contribution in [0.15, 0.2) is 66.9 Å². The summed E-state index contributed by atoms with van der Waals surface area (Å²) in [6, 6.07) is 18.2. The number of pyridine rings is 1. The first-order valence-electron chi connectivity index (χ1n) is 11.6. The molecule has 1 fully saturated rings. The molecule has 6 heteroatoms. The molecule has 3 aromatic rings. The third-order valence-corrected chi connectivity index (χ3v) is 6.83. The predicted molar refractivity (Wildman–Crippen MR) is 131 cm³/mol. The highest BCUT2D eigenvalue weighted by atomic mass is 16.5. The molecule has 176 valence electrons. The zero-order chi connectivity index (χ0) is 24.1. The van der Waals surface area contributed by atoms with E-state index in [1.54, 1.807) is 13.3 Å². The monoisotopic (exact) mass is 458 g/mol. The largest absolute Gasteiger partial charge is 0.496 e. The molecule has 34 heavy (non-hydrogen) atoms. The summed E-state index contributed by atoms with van der Waals surface area (Å²) in [5.74, 6) is -0.490. The van der Waals surface area contributed by atoms with Crippen molar-refractivity contribution in [2.75, 3.05) is 7.11 Å². The number of carbonyl (C=O) groups excluding carboxylic acids is 1. The number of nitrogens with one attached hydrogen (secondary N) is 1. The van der Waals surface area contributed by atoms with E-state index in [1.807, 2.05) is 67.6 Å². The number of aromatic nitrogens is 1. The highest BCUT2D eigenvalue weighted by Crippen LogP contribution is 2.42.